The molecule has 120 valence electrons. The van der Waals surface area contributed by atoms with Crippen LogP contribution in [0.15, 0.2) is 30.5 Å². The van der Waals surface area contributed by atoms with E-state index in [1.165, 1.54) is 11.1 Å². The Kier molecular flexibility index (Phi) is 3.27. The van der Waals surface area contributed by atoms with E-state index in [0.29, 0.717) is 18.7 Å². The summed E-state index contributed by atoms with van der Waals surface area (Å²) in [4.78, 5) is 14.8. The van der Waals surface area contributed by atoms with Gasteiger partial charge in [0.25, 0.3) is 5.91 Å². The largest absolute Gasteiger partial charge is 0.364 e. The molecule has 0 aliphatic carbocycles. The normalized spacial score (nSPS) is 23.0. The van der Waals surface area contributed by atoms with Gasteiger partial charge in [-0.15, -0.1) is 0 Å². The van der Waals surface area contributed by atoms with Crippen molar-refractivity contribution in [2.45, 2.75) is 38.4 Å². The Morgan fingerprint density at radius 3 is 3.04 bits per heavy atom. The predicted octanol–water partition coefficient (Wildman–Crippen LogP) is 2.80. The van der Waals surface area contributed by atoms with Gasteiger partial charge in [0, 0.05) is 6.54 Å². The molecule has 5 nitrogen and oxygen atoms in total. The number of fused-ring (bicyclic) bond motifs is 2. The number of carbonyl (C=O) groups excluding carboxylic acids is 1. The number of hydrogen-bond acceptors (Lipinski definition) is 3. The van der Waals surface area contributed by atoms with Crippen molar-refractivity contribution in [3.63, 3.8) is 0 Å². The summed E-state index contributed by atoms with van der Waals surface area (Å²) in [7, 11) is 0. The second-order valence-corrected chi connectivity index (χ2v) is 6.77. The van der Waals surface area contributed by atoms with Gasteiger partial charge < -0.3 is 9.64 Å². The van der Waals surface area contributed by atoms with Crippen LogP contribution in [0.3, 0.4) is 0 Å². The minimum atomic E-state index is -0.325. The van der Waals surface area contributed by atoms with Crippen LogP contribution in [0.25, 0.3) is 0 Å². The zero-order valence-electron chi connectivity index (χ0n) is 13.5. The Morgan fingerprint density at radius 1 is 1.39 bits per heavy atom. The highest BCUT2D eigenvalue weighted by Crippen LogP contribution is 2.43. The summed E-state index contributed by atoms with van der Waals surface area (Å²) in [6.45, 7) is 6.10. The first-order chi connectivity index (χ1) is 11.1. The number of rotatable bonds is 2. The van der Waals surface area contributed by atoms with E-state index < -0.39 is 0 Å². The molecular weight excluding hydrogens is 290 g/mol. The zero-order valence-corrected chi connectivity index (χ0v) is 13.5. The molecule has 2 aliphatic rings. The molecule has 3 heterocycles. The number of ether oxygens (including phenoxy) is 1. The number of H-pyrrole nitrogens is 1. The van der Waals surface area contributed by atoms with E-state index >= 15 is 0 Å². The minimum absolute atomic E-state index is 0.0484. The van der Waals surface area contributed by atoms with E-state index in [4.69, 9.17) is 4.74 Å². The molecular formula is C18H21N3O2. The van der Waals surface area contributed by atoms with Crippen molar-refractivity contribution in [2.75, 3.05) is 13.1 Å². The lowest BCUT2D eigenvalue weighted by Crippen LogP contribution is -2.34. The highest BCUT2D eigenvalue weighted by Gasteiger charge is 2.47. The molecule has 0 bridgehead atoms. The second-order valence-electron chi connectivity index (χ2n) is 6.77. The zero-order chi connectivity index (χ0) is 16.0. The lowest BCUT2D eigenvalue weighted by atomic mass is 9.92. The molecule has 1 atom stereocenters. The van der Waals surface area contributed by atoms with Crippen LogP contribution in [0.2, 0.25) is 0 Å². The van der Waals surface area contributed by atoms with Gasteiger partial charge in [0.15, 0.2) is 0 Å². The molecule has 4 rings (SSSR count). The van der Waals surface area contributed by atoms with E-state index in [0.717, 1.165) is 18.7 Å². The third-order valence-electron chi connectivity index (χ3n) is 5.01. The number of benzene rings is 1. The number of aromatic nitrogens is 2. The Morgan fingerprint density at radius 2 is 2.22 bits per heavy atom. The Bertz CT molecular complexity index is 752. The first-order valence-corrected chi connectivity index (χ1v) is 8.15. The third-order valence-corrected chi connectivity index (χ3v) is 5.01. The molecule has 0 saturated carbocycles. The van der Waals surface area contributed by atoms with Crippen LogP contribution < -0.4 is 0 Å². The van der Waals surface area contributed by atoms with Gasteiger partial charge in [-0.05, 0) is 23.5 Å². The highest BCUT2D eigenvalue weighted by atomic mass is 16.5. The van der Waals surface area contributed by atoms with Gasteiger partial charge in [0.05, 0.1) is 30.6 Å². The van der Waals surface area contributed by atoms with Crippen LogP contribution in [0.5, 0.6) is 0 Å². The fraction of sp³-hybridized carbons (Fsp3) is 0.444. The van der Waals surface area contributed by atoms with Crippen LogP contribution in [0.4, 0.5) is 0 Å². The molecule has 1 N–H and O–H groups in total. The van der Waals surface area contributed by atoms with Crippen LogP contribution >= 0.6 is 0 Å². The summed E-state index contributed by atoms with van der Waals surface area (Å²) in [6.07, 6.45) is 2.50. The van der Waals surface area contributed by atoms with Crippen LogP contribution in [0, 0.1) is 0 Å². The van der Waals surface area contributed by atoms with E-state index in [2.05, 4.69) is 36.2 Å². The van der Waals surface area contributed by atoms with E-state index in [9.17, 15) is 4.79 Å². The molecule has 1 amide bonds. The maximum Gasteiger partial charge on any atom is 0.257 e. The Labute approximate surface area is 135 Å². The fourth-order valence-corrected chi connectivity index (χ4v) is 3.75. The number of amides is 1. The van der Waals surface area contributed by atoms with Crippen LogP contribution in [0.1, 0.15) is 53.4 Å². The van der Waals surface area contributed by atoms with Gasteiger partial charge in [-0.3, -0.25) is 9.89 Å². The first-order valence-electron chi connectivity index (χ1n) is 8.15. The van der Waals surface area contributed by atoms with E-state index in [1.54, 1.807) is 6.20 Å². The predicted molar refractivity (Wildman–Crippen MR) is 86.1 cm³/mol. The molecule has 1 spiro atoms. The van der Waals surface area contributed by atoms with Crippen molar-refractivity contribution < 1.29 is 9.53 Å². The lowest BCUT2D eigenvalue weighted by Gasteiger charge is -2.25. The number of nitrogens with zero attached hydrogens (tertiary/aromatic N) is 2. The van der Waals surface area contributed by atoms with Crippen molar-refractivity contribution in [3.05, 3.63) is 52.8 Å². The molecule has 1 aromatic heterocycles. The summed E-state index contributed by atoms with van der Waals surface area (Å²) >= 11 is 0. The molecule has 5 heteroatoms. The quantitative estimate of drug-likeness (QED) is 0.928. The van der Waals surface area contributed by atoms with Gasteiger partial charge in [0.2, 0.25) is 0 Å². The first kappa shape index (κ1) is 14.5. The molecule has 1 aromatic carbocycles. The van der Waals surface area contributed by atoms with Crippen molar-refractivity contribution >= 4 is 5.91 Å². The average Bonchev–Trinajstić information content (AvgIpc) is 3.27. The van der Waals surface area contributed by atoms with Gasteiger partial charge in [-0.2, -0.15) is 5.10 Å². The standard InChI is InChI=1S/C18H21N3O2/c1-12(2)16-14(9-19-20-16)17(22)21-8-7-18(11-21)15-6-4-3-5-13(15)10-23-18/h3-6,9,12H,7-8,10-11H2,1-2H3,(H,19,20). The summed E-state index contributed by atoms with van der Waals surface area (Å²) in [5.41, 5.74) is 3.75. The molecule has 1 unspecified atom stereocenters. The minimum Gasteiger partial charge on any atom is -0.364 e. The highest BCUT2D eigenvalue weighted by molar-refractivity contribution is 5.95. The number of hydrogen-bond donors (Lipinski definition) is 1. The van der Waals surface area contributed by atoms with Gasteiger partial charge in [-0.25, -0.2) is 0 Å². The summed E-state index contributed by atoms with van der Waals surface area (Å²) in [6, 6.07) is 8.33. The average molecular weight is 311 g/mol. The molecule has 1 saturated heterocycles. The van der Waals surface area contributed by atoms with E-state index in [1.807, 2.05) is 17.0 Å². The van der Waals surface area contributed by atoms with Crippen molar-refractivity contribution in [2.24, 2.45) is 0 Å². The topological polar surface area (TPSA) is 58.2 Å². The Hall–Kier alpha value is -2.14. The molecule has 0 radical (unpaired) electrons. The number of likely N-dealkylation sites (tertiary alicyclic amines) is 1. The van der Waals surface area contributed by atoms with Crippen LogP contribution in [-0.2, 0) is 16.9 Å². The summed E-state index contributed by atoms with van der Waals surface area (Å²) in [5, 5.41) is 7.01. The monoisotopic (exact) mass is 311 g/mol. The summed E-state index contributed by atoms with van der Waals surface area (Å²) in [5.74, 6) is 0.295. The maximum absolute atomic E-state index is 12.9. The number of nitrogens with one attached hydrogen (secondary N) is 1. The molecule has 2 aromatic rings. The fourth-order valence-electron chi connectivity index (χ4n) is 3.75. The maximum atomic E-state index is 12.9. The van der Waals surface area contributed by atoms with Crippen molar-refractivity contribution in [3.8, 4) is 0 Å². The smallest absolute Gasteiger partial charge is 0.257 e. The lowest BCUT2D eigenvalue weighted by molar-refractivity contribution is -0.0283. The molecule has 23 heavy (non-hydrogen) atoms. The molecule has 2 aliphatic heterocycles. The van der Waals surface area contributed by atoms with Gasteiger partial charge >= 0.3 is 0 Å². The molecule has 1 fully saturated rings. The van der Waals surface area contributed by atoms with Crippen molar-refractivity contribution in [1.29, 1.82) is 0 Å². The third kappa shape index (κ3) is 2.18. The second kappa shape index (κ2) is 5.20. The van der Waals surface area contributed by atoms with Crippen LogP contribution in [-0.4, -0.2) is 34.1 Å². The van der Waals surface area contributed by atoms with Gasteiger partial charge in [-0.1, -0.05) is 38.1 Å². The SMILES string of the molecule is CC(C)c1[nH]ncc1C(=O)N1CCC2(C1)OCc1ccccc12. The van der Waals surface area contributed by atoms with Crippen molar-refractivity contribution in [1.82, 2.24) is 15.1 Å². The Balaban J connectivity index is 1.60. The number of aromatic amines is 1. The van der Waals surface area contributed by atoms with E-state index in [-0.39, 0.29) is 17.4 Å². The number of carbonyl (C=O) groups is 1. The van der Waals surface area contributed by atoms with Gasteiger partial charge in [0.1, 0.15) is 5.60 Å². The summed E-state index contributed by atoms with van der Waals surface area (Å²) < 4.78 is 6.13.